The molecule has 0 spiro atoms. The molecule has 1 aromatic rings. The molecule has 0 radical (unpaired) electrons. The Hall–Kier alpha value is -3.34. The Balaban J connectivity index is 1.39. The Morgan fingerprint density at radius 2 is 2.07 bits per heavy atom. The molecule has 2 fully saturated rings. The van der Waals surface area contributed by atoms with Gasteiger partial charge in [-0.15, -0.1) is 0 Å². The molecule has 0 saturated carbocycles. The number of ether oxygens (including phenoxy) is 1. The number of carbonyl (C=O) groups is 3. The third kappa shape index (κ3) is 3.88. The highest BCUT2D eigenvalue weighted by atomic mass is 16.6. The molecule has 3 aliphatic rings. The Morgan fingerprint density at radius 3 is 2.83 bits per heavy atom. The van der Waals surface area contributed by atoms with Crippen LogP contribution in [-0.2, 0) is 20.9 Å². The van der Waals surface area contributed by atoms with Crippen molar-refractivity contribution in [3.63, 3.8) is 0 Å². The number of hydrazine groups is 1. The summed E-state index contributed by atoms with van der Waals surface area (Å²) in [5, 5.41) is 10.6. The minimum Gasteiger partial charge on any atom is -0.443 e. The number of allylic oxidation sites excluding steroid dienone is 1. The smallest absolute Gasteiger partial charge is 0.426 e. The van der Waals surface area contributed by atoms with Gasteiger partial charge >= 0.3 is 6.09 Å². The first-order valence-corrected chi connectivity index (χ1v) is 10.2. The van der Waals surface area contributed by atoms with Crippen molar-refractivity contribution in [3.8, 4) is 6.07 Å². The molecule has 2 saturated heterocycles. The Labute approximate surface area is 175 Å². The molecule has 4 rings (SSSR count). The zero-order valence-electron chi connectivity index (χ0n) is 16.6. The van der Waals surface area contributed by atoms with Crippen molar-refractivity contribution < 1.29 is 19.1 Å². The summed E-state index contributed by atoms with van der Waals surface area (Å²) in [6.45, 7) is 0.954. The third-order valence-corrected chi connectivity index (χ3v) is 6.05. The normalized spacial score (nSPS) is 27.5. The van der Waals surface area contributed by atoms with Gasteiger partial charge in [0.2, 0.25) is 11.8 Å². The lowest BCUT2D eigenvalue weighted by Crippen LogP contribution is -2.47. The largest absolute Gasteiger partial charge is 0.443 e. The zero-order chi connectivity index (χ0) is 21.1. The Kier molecular flexibility index (Phi) is 5.70. The lowest BCUT2D eigenvalue weighted by Gasteiger charge is -2.31. The fourth-order valence-electron chi connectivity index (χ4n) is 4.57. The second-order valence-corrected chi connectivity index (χ2v) is 7.90. The average molecular weight is 408 g/mol. The van der Waals surface area contributed by atoms with E-state index in [1.54, 1.807) is 4.90 Å². The Bertz CT molecular complexity index is 894. The number of fused-ring (bicyclic) bond motifs is 1. The van der Waals surface area contributed by atoms with E-state index < -0.39 is 24.0 Å². The van der Waals surface area contributed by atoms with Crippen LogP contribution in [0.3, 0.4) is 0 Å². The van der Waals surface area contributed by atoms with Crippen LogP contribution >= 0.6 is 0 Å². The number of nitrogens with zero attached hydrogens (tertiary/aromatic N) is 3. The number of hydrogen-bond donors (Lipinski definition) is 1. The van der Waals surface area contributed by atoms with Crippen molar-refractivity contribution in [2.75, 3.05) is 13.1 Å². The maximum absolute atomic E-state index is 13.1. The second kappa shape index (κ2) is 8.57. The maximum atomic E-state index is 13.1. The number of rotatable bonds is 4. The van der Waals surface area contributed by atoms with E-state index in [1.165, 1.54) is 5.01 Å². The monoisotopic (exact) mass is 408 g/mol. The van der Waals surface area contributed by atoms with Crippen LogP contribution in [0.1, 0.15) is 24.8 Å². The van der Waals surface area contributed by atoms with Crippen LogP contribution in [-0.4, -0.2) is 46.9 Å². The molecule has 4 atom stereocenters. The molecule has 8 heteroatoms. The van der Waals surface area contributed by atoms with Crippen molar-refractivity contribution in [3.05, 3.63) is 48.0 Å². The first-order valence-electron chi connectivity index (χ1n) is 10.2. The number of nitrogens with one attached hydrogen (secondary N) is 1. The van der Waals surface area contributed by atoms with Crippen molar-refractivity contribution in [1.29, 1.82) is 5.26 Å². The summed E-state index contributed by atoms with van der Waals surface area (Å²) in [5.74, 6) is -1.62. The molecule has 0 bridgehead atoms. The standard InChI is InChI=1S/C22H24N4O4/c23-12-17-9-5-11-25(17)20(27)18-10-4-8-16-13-26(21(28)19(16)18)24-22(29)30-14-15-6-2-1-3-7-15/h1-4,6-8,16-19H,5,9-11,13-14H2,(H,24,29). The summed E-state index contributed by atoms with van der Waals surface area (Å²) in [7, 11) is 0. The lowest BCUT2D eigenvalue weighted by atomic mass is 9.76. The van der Waals surface area contributed by atoms with Gasteiger partial charge in [-0.3, -0.25) is 14.6 Å². The van der Waals surface area contributed by atoms with Gasteiger partial charge in [0.05, 0.1) is 17.9 Å². The molecule has 30 heavy (non-hydrogen) atoms. The predicted molar refractivity (Wildman–Crippen MR) is 106 cm³/mol. The molecule has 4 unspecified atom stereocenters. The number of amides is 3. The number of hydrogen-bond acceptors (Lipinski definition) is 5. The number of likely N-dealkylation sites (tertiary alicyclic amines) is 1. The van der Waals surface area contributed by atoms with Crippen molar-refractivity contribution in [2.45, 2.75) is 31.9 Å². The van der Waals surface area contributed by atoms with E-state index in [4.69, 9.17) is 4.74 Å². The minimum atomic E-state index is -0.707. The maximum Gasteiger partial charge on any atom is 0.426 e. The second-order valence-electron chi connectivity index (χ2n) is 7.90. The van der Waals surface area contributed by atoms with Gasteiger partial charge in [-0.1, -0.05) is 42.5 Å². The molecule has 3 amide bonds. The summed E-state index contributed by atoms with van der Waals surface area (Å²) in [5.41, 5.74) is 3.36. The summed E-state index contributed by atoms with van der Waals surface area (Å²) < 4.78 is 5.20. The molecule has 2 heterocycles. The van der Waals surface area contributed by atoms with Gasteiger partial charge < -0.3 is 9.64 Å². The van der Waals surface area contributed by atoms with Crippen LogP contribution in [0.2, 0.25) is 0 Å². The number of benzene rings is 1. The highest BCUT2D eigenvalue weighted by Gasteiger charge is 2.50. The SMILES string of the molecule is N#CC1CCCN1C(=O)C1CC=CC2CN(NC(=O)OCc3ccccc3)C(=O)C21. The van der Waals surface area contributed by atoms with Crippen molar-refractivity contribution in [2.24, 2.45) is 17.8 Å². The van der Waals surface area contributed by atoms with Gasteiger partial charge in [-0.05, 0) is 24.8 Å². The van der Waals surface area contributed by atoms with Gasteiger partial charge in [-0.2, -0.15) is 5.26 Å². The molecule has 1 aromatic carbocycles. The fourth-order valence-corrected chi connectivity index (χ4v) is 4.57. The van der Waals surface area contributed by atoms with Crippen LogP contribution in [0.4, 0.5) is 4.79 Å². The van der Waals surface area contributed by atoms with Crippen LogP contribution in [0, 0.1) is 29.1 Å². The van der Waals surface area contributed by atoms with Crippen LogP contribution in [0.25, 0.3) is 0 Å². The molecular weight excluding hydrogens is 384 g/mol. The van der Waals surface area contributed by atoms with Crippen molar-refractivity contribution >= 4 is 17.9 Å². The fraction of sp³-hybridized carbons (Fsp3) is 0.455. The van der Waals surface area contributed by atoms with E-state index in [0.29, 0.717) is 25.9 Å². The molecule has 8 nitrogen and oxygen atoms in total. The van der Waals surface area contributed by atoms with E-state index in [1.807, 2.05) is 42.5 Å². The lowest BCUT2D eigenvalue weighted by molar-refractivity contribution is -0.144. The van der Waals surface area contributed by atoms with E-state index in [2.05, 4.69) is 11.5 Å². The highest BCUT2D eigenvalue weighted by molar-refractivity contribution is 5.91. The molecule has 2 aliphatic heterocycles. The predicted octanol–water partition coefficient (Wildman–Crippen LogP) is 1.99. The van der Waals surface area contributed by atoms with E-state index in [0.717, 1.165) is 12.0 Å². The highest BCUT2D eigenvalue weighted by Crippen LogP contribution is 2.38. The molecule has 1 aliphatic carbocycles. The van der Waals surface area contributed by atoms with Crippen molar-refractivity contribution in [1.82, 2.24) is 15.3 Å². The van der Waals surface area contributed by atoms with Gasteiger partial charge in [0.15, 0.2) is 0 Å². The zero-order valence-corrected chi connectivity index (χ0v) is 16.6. The van der Waals surface area contributed by atoms with Crippen LogP contribution < -0.4 is 5.43 Å². The minimum absolute atomic E-state index is 0.104. The Morgan fingerprint density at radius 1 is 1.27 bits per heavy atom. The van der Waals surface area contributed by atoms with E-state index in [-0.39, 0.29) is 24.3 Å². The van der Waals surface area contributed by atoms with Gasteiger partial charge in [0.1, 0.15) is 12.6 Å². The van der Waals surface area contributed by atoms with Gasteiger partial charge in [-0.25, -0.2) is 10.2 Å². The van der Waals surface area contributed by atoms with E-state index >= 15 is 0 Å². The van der Waals surface area contributed by atoms with Crippen LogP contribution in [0.15, 0.2) is 42.5 Å². The summed E-state index contributed by atoms with van der Waals surface area (Å²) >= 11 is 0. The average Bonchev–Trinajstić information content (AvgIpc) is 3.37. The first kappa shape index (κ1) is 20.0. The molecule has 156 valence electrons. The topological polar surface area (TPSA) is 103 Å². The number of nitriles is 1. The van der Waals surface area contributed by atoms with Crippen LogP contribution in [0.5, 0.6) is 0 Å². The molecular formula is C22H24N4O4. The van der Waals surface area contributed by atoms with Gasteiger partial charge in [0, 0.05) is 19.0 Å². The molecule has 0 aromatic heterocycles. The van der Waals surface area contributed by atoms with E-state index in [9.17, 15) is 19.6 Å². The third-order valence-electron chi connectivity index (χ3n) is 6.05. The van der Waals surface area contributed by atoms with Gasteiger partial charge in [0.25, 0.3) is 0 Å². The summed E-state index contributed by atoms with van der Waals surface area (Å²) in [4.78, 5) is 39.9. The first-order chi connectivity index (χ1) is 14.6. The number of carbonyl (C=O) groups excluding carboxylic acids is 3. The summed E-state index contributed by atoms with van der Waals surface area (Å²) in [6.07, 6.45) is 5.10. The molecule has 1 N–H and O–H groups in total. The quantitative estimate of drug-likeness (QED) is 0.768. The summed E-state index contributed by atoms with van der Waals surface area (Å²) in [6, 6.07) is 11.0.